The zero-order valence-electron chi connectivity index (χ0n) is 7.73. The van der Waals surface area contributed by atoms with Crippen LogP contribution < -0.4 is 4.74 Å². The summed E-state index contributed by atoms with van der Waals surface area (Å²) < 4.78 is 7.27. The normalized spacial score (nSPS) is 10.3. The lowest BCUT2D eigenvalue weighted by Crippen LogP contribution is -2.02. The van der Waals surface area contributed by atoms with Crippen LogP contribution in [0.2, 0.25) is 10.0 Å². The molecule has 0 radical (unpaired) electrons. The lowest BCUT2D eigenvalue weighted by molar-refractivity contribution is 0.236. The second-order valence-corrected chi connectivity index (χ2v) is 3.77. The van der Waals surface area contributed by atoms with E-state index in [0.29, 0.717) is 22.5 Å². The SMILES string of the molecule is Clc1ccc(OCn2ccnc2)c(Cl)c1. The van der Waals surface area contributed by atoms with Gasteiger partial charge in [-0.25, -0.2) is 4.98 Å². The summed E-state index contributed by atoms with van der Waals surface area (Å²) >= 11 is 11.7. The van der Waals surface area contributed by atoms with Gasteiger partial charge in [0.05, 0.1) is 11.3 Å². The van der Waals surface area contributed by atoms with Gasteiger partial charge in [-0.1, -0.05) is 23.2 Å². The molecule has 0 saturated carbocycles. The van der Waals surface area contributed by atoms with Crippen LogP contribution in [0.4, 0.5) is 0 Å². The van der Waals surface area contributed by atoms with Crippen LogP contribution in [0.25, 0.3) is 0 Å². The van der Waals surface area contributed by atoms with E-state index in [9.17, 15) is 0 Å². The van der Waals surface area contributed by atoms with Gasteiger partial charge in [0.1, 0.15) is 5.75 Å². The van der Waals surface area contributed by atoms with Crippen LogP contribution in [-0.4, -0.2) is 9.55 Å². The first-order valence-electron chi connectivity index (χ1n) is 4.29. The maximum Gasteiger partial charge on any atom is 0.166 e. The third-order valence-electron chi connectivity index (χ3n) is 1.82. The molecule has 0 unspecified atom stereocenters. The largest absolute Gasteiger partial charge is 0.471 e. The fraction of sp³-hybridized carbons (Fsp3) is 0.100. The molecule has 0 saturated heterocycles. The van der Waals surface area contributed by atoms with Gasteiger partial charge in [-0.15, -0.1) is 0 Å². The second-order valence-electron chi connectivity index (χ2n) is 2.93. The molecule has 0 atom stereocenters. The summed E-state index contributed by atoms with van der Waals surface area (Å²) in [6, 6.07) is 5.12. The predicted octanol–water partition coefficient (Wildman–Crippen LogP) is 3.23. The summed E-state index contributed by atoms with van der Waals surface area (Å²) in [7, 11) is 0. The molecule has 1 aromatic carbocycles. The Bertz CT molecular complexity index is 443. The van der Waals surface area contributed by atoms with Crippen molar-refractivity contribution in [1.82, 2.24) is 9.55 Å². The topological polar surface area (TPSA) is 27.1 Å². The van der Waals surface area contributed by atoms with E-state index in [0.717, 1.165) is 0 Å². The molecule has 0 aliphatic heterocycles. The van der Waals surface area contributed by atoms with Gasteiger partial charge in [0, 0.05) is 17.4 Å². The van der Waals surface area contributed by atoms with E-state index in [1.165, 1.54) is 0 Å². The number of hydrogen-bond acceptors (Lipinski definition) is 2. The quantitative estimate of drug-likeness (QED) is 0.827. The van der Waals surface area contributed by atoms with Crippen molar-refractivity contribution in [3.8, 4) is 5.75 Å². The van der Waals surface area contributed by atoms with Crippen molar-refractivity contribution < 1.29 is 4.74 Å². The Morgan fingerprint density at radius 3 is 2.87 bits per heavy atom. The average molecular weight is 243 g/mol. The third-order valence-corrected chi connectivity index (χ3v) is 2.35. The van der Waals surface area contributed by atoms with Crippen molar-refractivity contribution in [1.29, 1.82) is 0 Å². The van der Waals surface area contributed by atoms with Gasteiger partial charge in [0.2, 0.25) is 0 Å². The molecule has 5 heteroatoms. The van der Waals surface area contributed by atoms with Gasteiger partial charge in [-0.3, -0.25) is 0 Å². The predicted molar refractivity (Wildman–Crippen MR) is 59.3 cm³/mol. The zero-order valence-corrected chi connectivity index (χ0v) is 9.24. The molecule has 0 fully saturated rings. The van der Waals surface area contributed by atoms with Gasteiger partial charge in [0.15, 0.2) is 6.73 Å². The summed E-state index contributed by atoms with van der Waals surface area (Å²) in [6.45, 7) is 0.376. The molecule has 1 heterocycles. The highest BCUT2D eigenvalue weighted by Crippen LogP contribution is 2.27. The standard InChI is InChI=1S/C10H8Cl2N2O/c11-8-1-2-10(9(12)5-8)15-7-14-4-3-13-6-14/h1-6H,7H2. The highest BCUT2D eigenvalue weighted by Gasteiger charge is 2.01. The molecule has 3 nitrogen and oxygen atoms in total. The zero-order chi connectivity index (χ0) is 10.7. The number of rotatable bonds is 3. The van der Waals surface area contributed by atoms with E-state index in [-0.39, 0.29) is 0 Å². The molecule has 0 N–H and O–H groups in total. The van der Waals surface area contributed by atoms with Crippen molar-refractivity contribution in [2.75, 3.05) is 0 Å². The minimum absolute atomic E-state index is 0.376. The Morgan fingerprint density at radius 1 is 1.33 bits per heavy atom. The Balaban J connectivity index is 2.05. The van der Waals surface area contributed by atoms with Gasteiger partial charge in [-0.05, 0) is 18.2 Å². The van der Waals surface area contributed by atoms with E-state index in [4.69, 9.17) is 27.9 Å². The number of imidazole rings is 1. The molecule has 78 valence electrons. The lowest BCUT2D eigenvalue weighted by Gasteiger charge is -2.08. The summed E-state index contributed by atoms with van der Waals surface area (Å²) in [5, 5.41) is 1.09. The molecular formula is C10H8Cl2N2O. The van der Waals surface area contributed by atoms with E-state index < -0.39 is 0 Å². The number of hydrogen-bond donors (Lipinski definition) is 0. The van der Waals surface area contributed by atoms with Gasteiger partial charge >= 0.3 is 0 Å². The molecule has 0 aliphatic carbocycles. The number of aromatic nitrogens is 2. The Kier molecular flexibility index (Phi) is 3.14. The van der Waals surface area contributed by atoms with Crippen molar-refractivity contribution >= 4 is 23.2 Å². The molecule has 0 amide bonds. The molecule has 0 bridgehead atoms. The second kappa shape index (κ2) is 4.55. The van der Waals surface area contributed by atoms with Crippen molar-refractivity contribution in [2.45, 2.75) is 6.73 Å². The van der Waals surface area contributed by atoms with E-state index in [1.807, 2.05) is 6.20 Å². The molecule has 2 aromatic rings. The monoisotopic (exact) mass is 242 g/mol. The maximum atomic E-state index is 5.94. The molecule has 1 aromatic heterocycles. The van der Waals surface area contributed by atoms with Crippen LogP contribution in [0.1, 0.15) is 0 Å². The third kappa shape index (κ3) is 2.64. The van der Waals surface area contributed by atoms with Gasteiger partial charge in [-0.2, -0.15) is 0 Å². The number of nitrogens with zero attached hydrogens (tertiary/aromatic N) is 2. The van der Waals surface area contributed by atoms with E-state index in [1.54, 1.807) is 35.3 Å². The van der Waals surface area contributed by atoms with Crippen LogP contribution in [0.3, 0.4) is 0 Å². The summed E-state index contributed by atoms with van der Waals surface area (Å²) in [6.07, 6.45) is 5.17. The summed E-state index contributed by atoms with van der Waals surface area (Å²) in [5.74, 6) is 0.606. The molecule has 2 rings (SSSR count). The van der Waals surface area contributed by atoms with Crippen LogP contribution in [0.15, 0.2) is 36.9 Å². The maximum absolute atomic E-state index is 5.94. The molecular weight excluding hydrogens is 235 g/mol. The number of ether oxygens (including phenoxy) is 1. The van der Waals surface area contributed by atoms with Gasteiger partial charge < -0.3 is 9.30 Å². The van der Waals surface area contributed by atoms with Crippen LogP contribution in [-0.2, 0) is 6.73 Å². The van der Waals surface area contributed by atoms with Crippen molar-refractivity contribution in [3.63, 3.8) is 0 Å². The highest BCUT2D eigenvalue weighted by molar-refractivity contribution is 6.35. The Morgan fingerprint density at radius 2 is 2.20 bits per heavy atom. The Labute approximate surface area is 97.2 Å². The van der Waals surface area contributed by atoms with Crippen molar-refractivity contribution in [3.05, 3.63) is 47.0 Å². The number of benzene rings is 1. The first kappa shape index (κ1) is 10.3. The lowest BCUT2D eigenvalue weighted by atomic mass is 10.3. The number of halogens is 2. The Hall–Kier alpha value is -1.19. The average Bonchev–Trinajstić information content (AvgIpc) is 2.69. The first-order valence-corrected chi connectivity index (χ1v) is 5.05. The first-order chi connectivity index (χ1) is 7.25. The molecule has 0 aliphatic rings. The minimum atomic E-state index is 0.376. The smallest absolute Gasteiger partial charge is 0.166 e. The van der Waals surface area contributed by atoms with E-state index >= 15 is 0 Å². The highest BCUT2D eigenvalue weighted by atomic mass is 35.5. The minimum Gasteiger partial charge on any atom is -0.471 e. The fourth-order valence-electron chi connectivity index (χ4n) is 1.10. The van der Waals surface area contributed by atoms with Crippen molar-refractivity contribution in [2.24, 2.45) is 0 Å². The molecule has 0 spiro atoms. The van der Waals surface area contributed by atoms with Crippen LogP contribution in [0, 0.1) is 0 Å². The van der Waals surface area contributed by atoms with Crippen LogP contribution in [0.5, 0.6) is 5.75 Å². The summed E-state index contributed by atoms with van der Waals surface area (Å²) in [5.41, 5.74) is 0. The van der Waals surface area contributed by atoms with Crippen LogP contribution >= 0.6 is 23.2 Å². The molecule has 15 heavy (non-hydrogen) atoms. The fourth-order valence-corrected chi connectivity index (χ4v) is 1.56. The van der Waals surface area contributed by atoms with E-state index in [2.05, 4.69) is 4.98 Å². The summed E-state index contributed by atoms with van der Waals surface area (Å²) in [4.78, 5) is 3.90. The van der Waals surface area contributed by atoms with Gasteiger partial charge in [0.25, 0.3) is 0 Å².